The van der Waals surface area contributed by atoms with E-state index in [1.165, 1.54) is 4.90 Å². The molecule has 1 N–H and O–H groups in total. The Labute approximate surface area is 151 Å². The van der Waals surface area contributed by atoms with Gasteiger partial charge in [-0.15, -0.1) is 0 Å². The van der Waals surface area contributed by atoms with Gasteiger partial charge in [0.25, 0.3) is 5.91 Å². The number of amides is 3. The average molecular weight is 352 g/mol. The molecule has 0 unspecified atom stereocenters. The van der Waals surface area contributed by atoms with Crippen molar-refractivity contribution in [1.29, 1.82) is 0 Å². The van der Waals surface area contributed by atoms with Crippen LogP contribution in [-0.2, 0) is 20.9 Å². The summed E-state index contributed by atoms with van der Waals surface area (Å²) in [5.74, 6) is -0.617. The molecule has 1 aliphatic heterocycles. The van der Waals surface area contributed by atoms with Crippen LogP contribution < -0.4 is 10.2 Å². The van der Waals surface area contributed by atoms with Crippen LogP contribution in [0.1, 0.15) is 35.2 Å². The lowest BCUT2D eigenvalue weighted by Crippen LogP contribution is -2.40. The Hall–Kier alpha value is -2.99. The second kappa shape index (κ2) is 7.93. The predicted molar refractivity (Wildman–Crippen MR) is 97.9 cm³/mol. The highest BCUT2D eigenvalue weighted by molar-refractivity contribution is 6.16. The Morgan fingerprint density at radius 1 is 1.04 bits per heavy atom. The minimum atomic E-state index is -0.240. The van der Waals surface area contributed by atoms with E-state index in [0.717, 1.165) is 5.56 Å². The number of benzene rings is 2. The van der Waals surface area contributed by atoms with Crippen LogP contribution in [0.4, 0.5) is 11.4 Å². The highest BCUT2D eigenvalue weighted by atomic mass is 16.5. The van der Waals surface area contributed by atoms with Gasteiger partial charge in [-0.05, 0) is 42.3 Å². The van der Waals surface area contributed by atoms with E-state index >= 15 is 0 Å². The molecule has 0 aromatic heterocycles. The third-order valence-electron chi connectivity index (χ3n) is 4.23. The number of carbonyl (C=O) groups is 3. The number of nitrogens with one attached hydrogen (secondary N) is 1. The largest absolute Gasteiger partial charge is 0.380 e. The molecule has 26 heavy (non-hydrogen) atoms. The van der Waals surface area contributed by atoms with Crippen molar-refractivity contribution in [1.82, 2.24) is 0 Å². The monoisotopic (exact) mass is 352 g/mol. The molecule has 0 aliphatic carbocycles. The van der Waals surface area contributed by atoms with E-state index in [-0.39, 0.29) is 17.7 Å². The van der Waals surface area contributed by atoms with Crippen molar-refractivity contribution in [2.45, 2.75) is 25.9 Å². The number of nitrogens with zero attached hydrogens (tertiary/aromatic N) is 1. The van der Waals surface area contributed by atoms with Gasteiger partial charge >= 0.3 is 0 Å². The second-order valence-corrected chi connectivity index (χ2v) is 6.07. The molecule has 0 bridgehead atoms. The molecule has 1 fully saturated rings. The molecule has 1 saturated heterocycles. The van der Waals surface area contributed by atoms with Crippen LogP contribution in [0.2, 0.25) is 0 Å². The fourth-order valence-electron chi connectivity index (χ4n) is 2.96. The molecule has 3 rings (SSSR count). The van der Waals surface area contributed by atoms with Gasteiger partial charge in [-0.2, -0.15) is 0 Å². The highest BCUT2D eigenvalue weighted by Gasteiger charge is 2.27. The molecular weight excluding hydrogens is 332 g/mol. The first-order valence-electron chi connectivity index (χ1n) is 8.44. The van der Waals surface area contributed by atoms with Crippen LogP contribution in [0.5, 0.6) is 0 Å². The van der Waals surface area contributed by atoms with Crippen molar-refractivity contribution in [3.63, 3.8) is 0 Å². The Kier molecular flexibility index (Phi) is 5.43. The van der Waals surface area contributed by atoms with E-state index in [0.29, 0.717) is 42.8 Å². The topological polar surface area (TPSA) is 75.7 Å². The normalized spacial score (nSPS) is 14.4. The summed E-state index contributed by atoms with van der Waals surface area (Å²) in [6.07, 6.45) is 1.35. The molecule has 6 nitrogen and oxygen atoms in total. The van der Waals surface area contributed by atoms with Gasteiger partial charge < -0.3 is 10.1 Å². The minimum Gasteiger partial charge on any atom is -0.380 e. The van der Waals surface area contributed by atoms with Gasteiger partial charge in [0.05, 0.1) is 12.3 Å². The molecule has 0 radical (unpaired) electrons. The molecule has 2 aromatic carbocycles. The van der Waals surface area contributed by atoms with Gasteiger partial charge in [-0.25, -0.2) is 0 Å². The number of rotatable bonds is 5. The molecule has 1 heterocycles. The zero-order valence-corrected chi connectivity index (χ0v) is 14.5. The predicted octanol–water partition coefficient (Wildman–Crippen LogP) is 3.13. The summed E-state index contributed by atoms with van der Waals surface area (Å²) in [5, 5.41) is 2.83. The van der Waals surface area contributed by atoms with E-state index in [1.807, 2.05) is 12.1 Å². The number of methoxy groups -OCH3 is 1. The first kappa shape index (κ1) is 17.8. The van der Waals surface area contributed by atoms with Gasteiger partial charge in [-0.3, -0.25) is 19.3 Å². The van der Waals surface area contributed by atoms with Crippen molar-refractivity contribution >= 4 is 29.1 Å². The van der Waals surface area contributed by atoms with Crippen LogP contribution >= 0.6 is 0 Å². The third kappa shape index (κ3) is 3.81. The van der Waals surface area contributed by atoms with Crippen molar-refractivity contribution in [2.75, 3.05) is 17.3 Å². The zero-order chi connectivity index (χ0) is 18.5. The lowest BCUT2D eigenvalue weighted by molar-refractivity contribution is -0.129. The molecule has 3 amide bonds. The van der Waals surface area contributed by atoms with Gasteiger partial charge in [-0.1, -0.05) is 18.2 Å². The number of imide groups is 1. The number of piperidine rings is 1. The summed E-state index contributed by atoms with van der Waals surface area (Å²) >= 11 is 0. The Morgan fingerprint density at radius 2 is 1.69 bits per heavy atom. The smallest absolute Gasteiger partial charge is 0.256 e. The van der Waals surface area contributed by atoms with Crippen LogP contribution in [0, 0.1) is 0 Å². The van der Waals surface area contributed by atoms with E-state index in [1.54, 1.807) is 43.5 Å². The Bertz CT molecular complexity index is 814. The summed E-state index contributed by atoms with van der Waals surface area (Å²) in [6.45, 7) is 0.349. The van der Waals surface area contributed by atoms with Crippen LogP contribution in [0.3, 0.4) is 0 Å². The number of anilines is 2. The van der Waals surface area contributed by atoms with Crippen LogP contribution in [0.25, 0.3) is 0 Å². The maximum absolute atomic E-state index is 12.5. The lowest BCUT2D eigenvalue weighted by atomic mass is 10.1. The first-order chi connectivity index (χ1) is 12.6. The van der Waals surface area contributed by atoms with Gasteiger partial charge in [0.15, 0.2) is 0 Å². The molecule has 0 saturated carbocycles. The van der Waals surface area contributed by atoms with Crippen LogP contribution in [0.15, 0.2) is 48.5 Å². The molecule has 0 spiro atoms. The van der Waals surface area contributed by atoms with Gasteiger partial charge in [0, 0.05) is 31.2 Å². The van der Waals surface area contributed by atoms with E-state index in [2.05, 4.69) is 5.32 Å². The molecule has 6 heteroatoms. The summed E-state index contributed by atoms with van der Waals surface area (Å²) in [4.78, 5) is 37.7. The molecule has 1 aliphatic rings. The minimum absolute atomic E-state index is 0.188. The summed E-state index contributed by atoms with van der Waals surface area (Å²) in [5.41, 5.74) is 2.45. The van der Waals surface area contributed by atoms with E-state index < -0.39 is 0 Å². The van der Waals surface area contributed by atoms with E-state index in [4.69, 9.17) is 4.74 Å². The molecular formula is C20H20N2O4. The summed E-state index contributed by atoms with van der Waals surface area (Å²) in [7, 11) is 1.58. The van der Waals surface area contributed by atoms with Crippen molar-refractivity contribution in [2.24, 2.45) is 0 Å². The third-order valence-corrected chi connectivity index (χ3v) is 4.23. The zero-order valence-electron chi connectivity index (χ0n) is 14.5. The van der Waals surface area contributed by atoms with Crippen LogP contribution in [-0.4, -0.2) is 24.8 Å². The number of hydrogen-bond donors (Lipinski definition) is 1. The lowest BCUT2D eigenvalue weighted by Gasteiger charge is -2.25. The molecule has 0 atom stereocenters. The number of ether oxygens (including phenoxy) is 1. The molecule has 134 valence electrons. The molecule has 2 aromatic rings. The van der Waals surface area contributed by atoms with Gasteiger partial charge in [0.1, 0.15) is 0 Å². The number of carbonyl (C=O) groups excluding carboxylic acids is 3. The Morgan fingerprint density at radius 3 is 2.35 bits per heavy atom. The SMILES string of the molecule is COCc1ccccc1C(=O)Nc1ccc(N2C(=O)CCCC2=O)cc1. The summed E-state index contributed by atoms with van der Waals surface area (Å²) in [6, 6.07) is 13.9. The van der Waals surface area contributed by atoms with Crippen molar-refractivity contribution in [3.05, 3.63) is 59.7 Å². The highest BCUT2D eigenvalue weighted by Crippen LogP contribution is 2.24. The first-order valence-corrected chi connectivity index (χ1v) is 8.44. The second-order valence-electron chi connectivity index (χ2n) is 6.07. The van der Waals surface area contributed by atoms with Gasteiger partial charge in [0.2, 0.25) is 11.8 Å². The number of hydrogen-bond acceptors (Lipinski definition) is 4. The summed E-state index contributed by atoms with van der Waals surface area (Å²) < 4.78 is 5.12. The van der Waals surface area contributed by atoms with Crippen molar-refractivity contribution < 1.29 is 19.1 Å². The van der Waals surface area contributed by atoms with Crippen molar-refractivity contribution in [3.8, 4) is 0 Å². The Balaban J connectivity index is 1.74. The fourth-order valence-corrected chi connectivity index (χ4v) is 2.96. The fraction of sp³-hybridized carbons (Fsp3) is 0.250. The standard InChI is InChI=1S/C20H20N2O4/c1-26-13-14-5-2-3-6-17(14)20(25)21-15-9-11-16(12-10-15)22-18(23)7-4-8-19(22)24/h2-3,5-6,9-12H,4,7-8,13H2,1H3,(H,21,25). The van der Waals surface area contributed by atoms with E-state index in [9.17, 15) is 14.4 Å². The average Bonchev–Trinajstić information content (AvgIpc) is 2.63. The quantitative estimate of drug-likeness (QED) is 0.839. The maximum atomic E-state index is 12.5. The maximum Gasteiger partial charge on any atom is 0.256 e.